The number of aryl methyl sites for hydroxylation is 1. The summed E-state index contributed by atoms with van der Waals surface area (Å²) in [5, 5.41) is 2.91. The van der Waals surface area contributed by atoms with Gasteiger partial charge < -0.3 is 10.2 Å². The maximum absolute atomic E-state index is 12.1. The number of rotatable bonds is 6. The second kappa shape index (κ2) is 8.93. The summed E-state index contributed by atoms with van der Waals surface area (Å²) in [5.41, 5.74) is 2.00. The van der Waals surface area contributed by atoms with Crippen molar-refractivity contribution in [2.24, 2.45) is 0 Å². The van der Waals surface area contributed by atoms with E-state index in [4.69, 9.17) is 0 Å². The Labute approximate surface area is 142 Å². The first-order valence-electron chi connectivity index (χ1n) is 7.94. The van der Waals surface area contributed by atoms with Gasteiger partial charge in [-0.2, -0.15) is 11.8 Å². The van der Waals surface area contributed by atoms with Gasteiger partial charge in [-0.05, 0) is 25.3 Å². The van der Waals surface area contributed by atoms with Crippen molar-refractivity contribution in [1.29, 1.82) is 0 Å². The number of hydrogen-bond donors (Lipinski definition) is 1. The molecule has 5 nitrogen and oxygen atoms in total. The maximum atomic E-state index is 12.1. The van der Waals surface area contributed by atoms with Crippen molar-refractivity contribution >= 4 is 29.3 Å². The van der Waals surface area contributed by atoms with E-state index in [-0.39, 0.29) is 11.8 Å². The molecular weight excluding hydrogens is 310 g/mol. The number of anilines is 1. The molecule has 6 heteroatoms. The Bertz CT molecular complexity index is 525. The van der Waals surface area contributed by atoms with Crippen LogP contribution < -0.4 is 5.32 Å². The van der Waals surface area contributed by atoms with E-state index in [0.717, 1.165) is 24.5 Å². The molecule has 0 saturated carbocycles. The average molecular weight is 335 g/mol. The first-order chi connectivity index (χ1) is 11.1. The molecule has 0 aliphatic carbocycles. The highest BCUT2D eigenvalue weighted by molar-refractivity contribution is 7.98. The highest BCUT2D eigenvalue weighted by Gasteiger charge is 2.21. The summed E-state index contributed by atoms with van der Waals surface area (Å²) in [5.74, 6) is 1.09. The summed E-state index contributed by atoms with van der Waals surface area (Å²) in [4.78, 5) is 28.1. The van der Waals surface area contributed by atoms with E-state index in [1.54, 1.807) is 11.8 Å². The van der Waals surface area contributed by atoms with Crippen LogP contribution in [0, 0.1) is 6.92 Å². The van der Waals surface area contributed by atoms with Crippen LogP contribution in [0.3, 0.4) is 0 Å². The minimum atomic E-state index is -0.00369. The lowest BCUT2D eigenvalue weighted by atomic mass is 10.2. The number of nitrogens with zero attached hydrogens (tertiary/aromatic N) is 2. The topological polar surface area (TPSA) is 52.7 Å². The van der Waals surface area contributed by atoms with Gasteiger partial charge in [0.2, 0.25) is 11.8 Å². The van der Waals surface area contributed by atoms with Gasteiger partial charge in [-0.25, -0.2) is 0 Å². The summed E-state index contributed by atoms with van der Waals surface area (Å²) in [7, 11) is 0. The van der Waals surface area contributed by atoms with E-state index in [2.05, 4.69) is 10.2 Å². The highest BCUT2D eigenvalue weighted by Crippen LogP contribution is 2.10. The molecule has 1 fully saturated rings. The van der Waals surface area contributed by atoms with Crippen molar-refractivity contribution in [3.8, 4) is 0 Å². The number of amides is 2. The van der Waals surface area contributed by atoms with E-state index < -0.39 is 0 Å². The van der Waals surface area contributed by atoms with Gasteiger partial charge >= 0.3 is 0 Å². The summed E-state index contributed by atoms with van der Waals surface area (Å²) in [6, 6.07) is 7.79. The fraction of sp³-hybridized carbons (Fsp3) is 0.529. The van der Waals surface area contributed by atoms with Crippen molar-refractivity contribution in [3.05, 3.63) is 29.8 Å². The standard InChI is InChI=1S/C17H25N3O2S/c1-14-3-5-15(6-4-14)18-16(21)13-19-8-10-20(11-9-19)17(22)7-12-23-2/h3-6H,7-13H2,1-2H3,(H,18,21). The molecule has 2 amide bonds. The lowest BCUT2D eigenvalue weighted by Crippen LogP contribution is -2.50. The van der Waals surface area contributed by atoms with Gasteiger partial charge in [0.25, 0.3) is 0 Å². The van der Waals surface area contributed by atoms with Gasteiger partial charge in [-0.1, -0.05) is 17.7 Å². The number of benzene rings is 1. The summed E-state index contributed by atoms with van der Waals surface area (Å²) in [6.07, 6.45) is 2.62. The smallest absolute Gasteiger partial charge is 0.238 e. The Morgan fingerprint density at radius 1 is 1.13 bits per heavy atom. The molecule has 1 N–H and O–H groups in total. The molecule has 0 radical (unpaired) electrons. The number of carbonyl (C=O) groups is 2. The second-order valence-corrected chi connectivity index (χ2v) is 6.80. The molecule has 1 aliphatic heterocycles. The Kier molecular flexibility index (Phi) is 6.92. The van der Waals surface area contributed by atoms with E-state index in [1.165, 1.54) is 5.56 Å². The average Bonchev–Trinajstić information content (AvgIpc) is 2.55. The van der Waals surface area contributed by atoms with Crippen LogP contribution in [0.5, 0.6) is 0 Å². The fourth-order valence-electron chi connectivity index (χ4n) is 2.54. The van der Waals surface area contributed by atoms with E-state index in [1.807, 2.05) is 42.3 Å². The molecule has 1 heterocycles. The lowest BCUT2D eigenvalue weighted by Gasteiger charge is -2.34. The Morgan fingerprint density at radius 3 is 2.39 bits per heavy atom. The van der Waals surface area contributed by atoms with Gasteiger partial charge in [-0.3, -0.25) is 14.5 Å². The number of carbonyl (C=O) groups excluding carboxylic acids is 2. The molecule has 1 aromatic carbocycles. The third-order valence-electron chi connectivity index (χ3n) is 3.95. The van der Waals surface area contributed by atoms with Crippen LogP contribution in [-0.4, -0.2) is 66.3 Å². The monoisotopic (exact) mass is 335 g/mol. The molecule has 1 saturated heterocycles. The number of nitrogens with one attached hydrogen (secondary N) is 1. The van der Waals surface area contributed by atoms with Gasteiger partial charge in [0, 0.05) is 44.0 Å². The SMILES string of the molecule is CSCCC(=O)N1CCN(CC(=O)Nc2ccc(C)cc2)CC1. The minimum Gasteiger partial charge on any atom is -0.340 e. The maximum Gasteiger partial charge on any atom is 0.238 e. The zero-order valence-electron chi connectivity index (χ0n) is 13.9. The van der Waals surface area contributed by atoms with Crippen LogP contribution >= 0.6 is 11.8 Å². The summed E-state index contributed by atoms with van der Waals surface area (Å²) < 4.78 is 0. The van der Waals surface area contributed by atoms with Crippen LogP contribution in [0.4, 0.5) is 5.69 Å². The van der Waals surface area contributed by atoms with Gasteiger partial charge in [0.1, 0.15) is 0 Å². The van der Waals surface area contributed by atoms with Crippen LogP contribution in [0.25, 0.3) is 0 Å². The van der Waals surface area contributed by atoms with Crippen LogP contribution in [0.15, 0.2) is 24.3 Å². The first-order valence-corrected chi connectivity index (χ1v) is 9.33. The minimum absolute atomic E-state index is 0.00369. The molecule has 0 spiro atoms. The quantitative estimate of drug-likeness (QED) is 0.862. The van der Waals surface area contributed by atoms with Crippen LogP contribution in [0.1, 0.15) is 12.0 Å². The predicted molar refractivity (Wildman–Crippen MR) is 95.8 cm³/mol. The molecular formula is C17H25N3O2S. The molecule has 126 valence electrons. The van der Waals surface area contributed by atoms with Crippen molar-refractivity contribution in [2.75, 3.05) is 50.0 Å². The van der Waals surface area contributed by atoms with Crippen molar-refractivity contribution in [1.82, 2.24) is 9.80 Å². The number of piperazine rings is 1. The zero-order valence-corrected chi connectivity index (χ0v) is 14.7. The largest absolute Gasteiger partial charge is 0.340 e. The molecule has 0 atom stereocenters. The molecule has 0 aromatic heterocycles. The number of hydrogen-bond acceptors (Lipinski definition) is 4. The first kappa shape index (κ1) is 17.8. The normalized spacial score (nSPS) is 15.5. The van der Waals surface area contributed by atoms with Crippen molar-refractivity contribution in [2.45, 2.75) is 13.3 Å². The fourth-order valence-corrected chi connectivity index (χ4v) is 2.92. The highest BCUT2D eigenvalue weighted by atomic mass is 32.2. The molecule has 1 aromatic rings. The summed E-state index contributed by atoms with van der Waals surface area (Å²) in [6.45, 7) is 5.33. The third kappa shape index (κ3) is 5.88. The summed E-state index contributed by atoms with van der Waals surface area (Å²) >= 11 is 1.69. The zero-order chi connectivity index (χ0) is 16.7. The molecule has 1 aliphatic rings. The Hall–Kier alpha value is -1.53. The van der Waals surface area contributed by atoms with Crippen LogP contribution in [-0.2, 0) is 9.59 Å². The predicted octanol–water partition coefficient (Wildman–Crippen LogP) is 1.83. The van der Waals surface area contributed by atoms with E-state index in [9.17, 15) is 9.59 Å². The second-order valence-electron chi connectivity index (χ2n) is 5.81. The molecule has 0 unspecified atom stereocenters. The Balaban J connectivity index is 1.72. The van der Waals surface area contributed by atoms with Crippen LogP contribution in [0.2, 0.25) is 0 Å². The third-order valence-corrected chi connectivity index (χ3v) is 4.56. The van der Waals surface area contributed by atoms with Crippen molar-refractivity contribution in [3.63, 3.8) is 0 Å². The van der Waals surface area contributed by atoms with E-state index in [0.29, 0.717) is 26.1 Å². The van der Waals surface area contributed by atoms with Crippen molar-refractivity contribution < 1.29 is 9.59 Å². The molecule has 0 bridgehead atoms. The van der Waals surface area contributed by atoms with E-state index >= 15 is 0 Å². The molecule has 23 heavy (non-hydrogen) atoms. The molecule has 2 rings (SSSR count). The Morgan fingerprint density at radius 2 is 1.78 bits per heavy atom. The van der Waals surface area contributed by atoms with Gasteiger partial charge in [0.15, 0.2) is 0 Å². The number of thioether (sulfide) groups is 1. The van der Waals surface area contributed by atoms with Gasteiger partial charge in [0.05, 0.1) is 6.54 Å². The van der Waals surface area contributed by atoms with Gasteiger partial charge in [-0.15, -0.1) is 0 Å². The lowest BCUT2D eigenvalue weighted by molar-refractivity contribution is -0.132.